The molecule has 1 aromatic carbocycles. The third kappa shape index (κ3) is 4.10. The van der Waals surface area contributed by atoms with Crippen molar-refractivity contribution in [1.82, 2.24) is 0 Å². The van der Waals surface area contributed by atoms with Crippen molar-refractivity contribution in [2.24, 2.45) is 5.92 Å². The van der Waals surface area contributed by atoms with Gasteiger partial charge in [0.05, 0.1) is 6.07 Å². The molecule has 1 atom stereocenters. The van der Waals surface area contributed by atoms with Crippen LogP contribution in [0.3, 0.4) is 0 Å². The summed E-state index contributed by atoms with van der Waals surface area (Å²) < 4.78 is 26.7. The number of Topliss-reactive ketones (excluding diaryl/α,β-unsaturated/α-hetero) is 1. The van der Waals surface area contributed by atoms with E-state index in [0.29, 0.717) is 12.3 Å². The highest BCUT2D eigenvalue weighted by Gasteiger charge is 2.26. The highest BCUT2D eigenvalue weighted by Crippen LogP contribution is 2.29. The molecule has 1 aliphatic carbocycles. The molecule has 2 rings (SSSR count). The molecule has 1 fully saturated rings. The Balaban J connectivity index is 2.09. The van der Waals surface area contributed by atoms with Crippen molar-refractivity contribution >= 4 is 5.78 Å². The minimum Gasteiger partial charge on any atom is -0.298 e. The lowest BCUT2D eigenvalue weighted by Gasteiger charge is -2.16. The SMILES string of the molecule is N#CC(C(=O)CC1CCCCCC1)c1ccc(F)cc1F. The fraction of sp³-hybridized carbons (Fsp3) is 0.529. The summed E-state index contributed by atoms with van der Waals surface area (Å²) in [4.78, 5) is 12.3. The molecular weight excluding hydrogens is 272 g/mol. The number of rotatable bonds is 4. The van der Waals surface area contributed by atoms with Gasteiger partial charge >= 0.3 is 0 Å². The molecule has 1 saturated carbocycles. The fourth-order valence-corrected chi connectivity index (χ4v) is 3.02. The van der Waals surface area contributed by atoms with Crippen molar-refractivity contribution in [3.8, 4) is 6.07 Å². The Hall–Kier alpha value is -1.76. The Morgan fingerprint density at radius 2 is 1.90 bits per heavy atom. The van der Waals surface area contributed by atoms with Gasteiger partial charge in [0.2, 0.25) is 0 Å². The highest BCUT2D eigenvalue weighted by molar-refractivity contribution is 5.88. The zero-order valence-electron chi connectivity index (χ0n) is 11.9. The Morgan fingerprint density at radius 1 is 1.24 bits per heavy atom. The van der Waals surface area contributed by atoms with Gasteiger partial charge < -0.3 is 0 Å². The van der Waals surface area contributed by atoms with Crippen molar-refractivity contribution in [2.45, 2.75) is 50.9 Å². The lowest BCUT2D eigenvalue weighted by Crippen LogP contribution is -2.16. The minimum absolute atomic E-state index is 0.0162. The van der Waals surface area contributed by atoms with Gasteiger partial charge in [-0.3, -0.25) is 4.79 Å². The number of benzene rings is 1. The maximum Gasteiger partial charge on any atom is 0.154 e. The van der Waals surface area contributed by atoms with Gasteiger partial charge in [-0.1, -0.05) is 44.6 Å². The molecule has 1 aromatic rings. The van der Waals surface area contributed by atoms with E-state index >= 15 is 0 Å². The van der Waals surface area contributed by atoms with E-state index in [1.807, 2.05) is 6.07 Å². The van der Waals surface area contributed by atoms with E-state index in [4.69, 9.17) is 0 Å². The summed E-state index contributed by atoms with van der Waals surface area (Å²) in [5, 5.41) is 9.20. The zero-order chi connectivity index (χ0) is 15.2. The number of carbonyl (C=O) groups is 1. The standard InChI is InChI=1S/C17H19F2NO/c18-13-7-8-14(16(19)10-13)15(11-20)17(21)9-12-5-3-1-2-4-6-12/h7-8,10,12,15H,1-6,9H2. The number of nitrogens with zero attached hydrogens (tertiary/aromatic N) is 1. The molecule has 1 unspecified atom stereocenters. The largest absolute Gasteiger partial charge is 0.298 e. The van der Waals surface area contributed by atoms with E-state index < -0.39 is 17.6 Å². The summed E-state index contributed by atoms with van der Waals surface area (Å²) in [6.07, 6.45) is 6.92. The molecular formula is C17H19F2NO. The maximum absolute atomic E-state index is 13.7. The molecule has 0 amide bonds. The van der Waals surface area contributed by atoms with Crippen LogP contribution in [0.1, 0.15) is 56.4 Å². The summed E-state index contributed by atoms with van der Waals surface area (Å²) >= 11 is 0. The predicted molar refractivity (Wildman–Crippen MR) is 75.5 cm³/mol. The van der Waals surface area contributed by atoms with E-state index in [-0.39, 0.29) is 11.3 Å². The van der Waals surface area contributed by atoms with Crippen LogP contribution in [0.4, 0.5) is 8.78 Å². The van der Waals surface area contributed by atoms with Crippen LogP contribution in [0.5, 0.6) is 0 Å². The molecule has 1 aliphatic rings. The summed E-state index contributed by atoms with van der Waals surface area (Å²) in [7, 11) is 0. The van der Waals surface area contributed by atoms with Crippen molar-refractivity contribution in [1.29, 1.82) is 5.26 Å². The maximum atomic E-state index is 13.7. The summed E-state index contributed by atoms with van der Waals surface area (Å²) in [6, 6.07) is 4.88. The number of ketones is 1. The summed E-state index contributed by atoms with van der Waals surface area (Å²) in [6.45, 7) is 0. The van der Waals surface area contributed by atoms with Gasteiger partial charge in [-0.05, 0) is 12.0 Å². The molecule has 0 N–H and O–H groups in total. The molecule has 112 valence electrons. The van der Waals surface area contributed by atoms with Crippen LogP contribution in [0.25, 0.3) is 0 Å². The third-order valence-corrected chi connectivity index (χ3v) is 4.19. The van der Waals surface area contributed by atoms with Crippen molar-refractivity contribution in [3.05, 3.63) is 35.4 Å². The topological polar surface area (TPSA) is 40.9 Å². The van der Waals surface area contributed by atoms with E-state index in [9.17, 15) is 18.8 Å². The summed E-state index contributed by atoms with van der Waals surface area (Å²) in [5.74, 6) is -2.62. The first-order valence-corrected chi connectivity index (χ1v) is 7.49. The van der Waals surface area contributed by atoms with Crippen LogP contribution < -0.4 is 0 Å². The number of carbonyl (C=O) groups excluding carboxylic acids is 1. The first-order valence-electron chi connectivity index (χ1n) is 7.49. The number of nitriles is 1. The first kappa shape index (κ1) is 15.6. The molecule has 21 heavy (non-hydrogen) atoms. The van der Waals surface area contributed by atoms with E-state index in [0.717, 1.165) is 37.8 Å². The molecule has 0 spiro atoms. The second kappa shape index (κ2) is 7.31. The Labute approximate surface area is 123 Å². The van der Waals surface area contributed by atoms with Gasteiger partial charge in [0, 0.05) is 18.1 Å². The number of hydrogen-bond acceptors (Lipinski definition) is 2. The van der Waals surface area contributed by atoms with Gasteiger partial charge in [0.25, 0.3) is 0 Å². The van der Waals surface area contributed by atoms with Gasteiger partial charge in [-0.2, -0.15) is 5.26 Å². The molecule has 2 nitrogen and oxygen atoms in total. The van der Waals surface area contributed by atoms with Crippen molar-refractivity contribution in [2.75, 3.05) is 0 Å². The summed E-state index contributed by atoms with van der Waals surface area (Å²) in [5.41, 5.74) is -0.0162. The molecule has 0 saturated heterocycles. The second-order valence-electron chi connectivity index (χ2n) is 5.76. The van der Waals surface area contributed by atoms with E-state index in [1.54, 1.807) is 0 Å². The predicted octanol–water partition coefficient (Wildman–Crippen LogP) is 4.50. The van der Waals surface area contributed by atoms with Crippen LogP contribution in [-0.4, -0.2) is 5.78 Å². The quantitative estimate of drug-likeness (QED) is 0.766. The van der Waals surface area contributed by atoms with Gasteiger partial charge in [-0.25, -0.2) is 8.78 Å². The Kier molecular flexibility index (Phi) is 5.44. The molecule has 4 heteroatoms. The Morgan fingerprint density at radius 3 is 2.48 bits per heavy atom. The van der Waals surface area contributed by atoms with Crippen LogP contribution in [-0.2, 0) is 4.79 Å². The molecule has 0 aromatic heterocycles. The first-order chi connectivity index (χ1) is 10.1. The smallest absolute Gasteiger partial charge is 0.154 e. The van der Waals surface area contributed by atoms with E-state index in [1.165, 1.54) is 18.9 Å². The van der Waals surface area contributed by atoms with Crippen LogP contribution in [0.15, 0.2) is 18.2 Å². The Bertz CT molecular complexity index is 542. The average molecular weight is 291 g/mol. The lowest BCUT2D eigenvalue weighted by molar-refractivity contribution is -0.120. The monoisotopic (exact) mass is 291 g/mol. The zero-order valence-corrected chi connectivity index (χ0v) is 11.9. The van der Waals surface area contributed by atoms with Crippen LogP contribution in [0.2, 0.25) is 0 Å². The van der Waals surface area contributed by atoms with Crippen molar-refractivity contribution in [3.63, 3.8) is 0 Å². The van der Waals surface area contributed by atoms with Gasteiger partial charge in [-0.15, -0.1) is 0 Å². The fourth-order valence-electron chi connectivity index (χ4n) is 3.02. The molecule has 0 bridgehead atoms. The number of halogens is 2. The average Bonchev–Trinajstić information content (AvgIpc) is 2.70. The van der Waals surface area contributed by atoms with Crippen molar-refractivity contribution < 1.29 is 13.6 Å². The molecule has 0 heterocycles. The van der Waals surface area contributed by atoms with E-state index in [2.05, 4.69) is 0 Å². The van der Waals surface area contributed by atoms with Gasteiger partial charge in [0.15, 0.2) is 5.78 Å². The van der Waals surface area contributed by atoms with Gasteiger partial charge in [0.1, 0.15) is 17.6 Å². The molecule has 0 radical (unpaired) electrons. The second-order valence-corrected chi connectivity index (χ2v) is 5.76. The molecule has 0 aliphatic heterocycles. The lowest BCUT2D eigenvalue weighted by atomic mass is 9.87. The number of hydrogen-bond donors (Lipinski definition) is 0. The highest BCUT2D eigenvalue weighted by atomic mass is 19.1. The minimum atomic E-state index is -1.13. The third-order valence-electron chi connectivity index (χ3n) is 4.19. The normalized spacial score (nSPS) is 17.8. The van der Waals surface area contributed by atoms with Crippen LogP contribution >= 0.6 is 0 Å². The van der Waals surface area contributed by atoms with Crippen LogP contribution in [0, 0.1) is 28.9 Å².